The Morgan fingerprint density at radius 2 is 1.93 bits per heavy atom. The molecule has 0 heterocycles. The molecule has 0 aromatic heterocycles. The Hall–Kier alpha value is -2.17. The zero-order chi connectivity index (χ0) is 20.8. The third kappa shape index (κ3) is 9.67. The SMILES string of the molecule is CCCCCC(/C=C/C1=C(C/C=C/CCCC(=O)OC)C(=O)CC1)OC(C)=O. The van der Waals surface area contributed by atoms with Gasteiger partial charge < -0.3 is 9.47 Å². The molecule has 0 bridgehead atoms. The third-order valence-corrected chi connectivity index (χ3v) is 4.74. The summed E-state index contributed by atoms with van der Waals surface area (Å²) >= 11 is 0. The maximum Gasteiger partial charge on any atom is 0.305 e. The number of hydrogen-bond donors (Lipinski definition) is 0. The highest BCUT2D eigenvalue weighted by Gasteiger charge is 2.20. The molecule has 0 N–H and O–H groups in total. The fourth-order valence-corrected chi connectivity index (χ4v) is 3.17. The molecular formula is C23H34O5. The number of esters is 2. The highest BCUT2D eigenvalue weighted by Crippen LogP contribution is 2.27. The van der Waals surface area contributed by atoms with Gasteiger partial charge in [-0.1, -0.05) is 38.0 Å². The number of methoxy groups -OCH3 is 1. The van der Waals surface area contributed by atoms with Crippen LogP contribution in [0.25, 0.3) is 0 Å². The molecule has 0 amide bonds. The van der Waals surface area contributed by atoms with E-state index in [-0.39, 0.29) is 23.8 Å². The van der Waals surface area contributed by atoms with E-state index in [1.54, 1.807) is 0 Å². The molecule has 0 aromatic carbocycles. The number of ether oxygens (including phenoxy) is 2. The normalized spacial score (nSPS) is 15.6. The molecule has 0 spiro atoms. The summed E-state index contributed by atoms with van der Waals surface area (Å²) in [5.74, 6) is -0.289. The van der Waals surface area contributed by atoms with Crippen molar-refractivity contribution in [1.82, 2.24) is 0 Å². The van der Waals surface area contributed by atoms with Gasteiger partial charge in [-0.05, 0) is 50.2 Å². The molecule has 0 saturated heterocycles. The average molecular weight is 391 g/mol. The maximum atomic E-state index is 12.2. The van der Waals surface area contributed by atoms with Crippen LogP contribution >= 0.6 is 0 Å². The molecule has 1 aliphatic carbocycles. The van der Waals surface area contributed by atoms with Gasteiger partial charge in [-0.25, -0.2) is 0 Å². The summed E-state index contributed by atoms with van der Waals surface area (Å²) in [5, 5.41) is 0. The van der Waals surface area contributed by atoms with Gasteiger partial charge in [0.2, 0.25) is 0 Å². The van der Waals surface area contributed by atoms with Gasteiger partial charge in [-0.3, -0.25) is 14.4 Å². The van der Waals surface area contributed by atoms with E-state index < -0.39 is 0 Å². The number of unbranched alkanes of at least 4 members (excludes halogenated alkanes) is 3. The molecule has 1 atom stereocenters. The van der Waals surface area contributed by atoms with Crippen LogP contribution in [0.5, 0.6) is 0 Å². The second-order valence-electron chi connectivity index (χ2n) is 7.07. The van der Waals surface area contributed by atoms with Crippen molar-refractivity contribution in [3.63, 3.8) is 0 Å². The zero-order valence-electron chi connectivity index (χ0n) is 17.5. The fraction of sp³-hybridized carbons (Fsp3) is 0.609. The number of Topliss-reactive ketones (excluding diaryl/α,β-unsaturated/α-hetero) is 1. The summed E-state index contributed by atoms with van der Waals surface area (Å²) in [6.07, 6.45) is 15.5. The van der Waals surface area contributed by atoms with Crippen LogP contribution in [0.2, 0.25) is 0 Å². The molecule has 5 heteroatoms. The quantitative estimate of drug-likeness (QED) is 0.251. The van der Waals surface area contributed by atoms with Crippen molar-refractivity contribution < 1.29 is 23.9 Å². The molecule has 0 fully saturated rings. The molecule has 0 radical (unpaired) electrons. The summed E-state index contributed by atoms with van der Waals surface area (Å²) < 4.78 is 10.0. The summed E-state index contributed by atoms with van der Waals surface area (Å²) in [6.45, 7) is 3.57. The van der Waals surface area contributed by atoms with E-state index in [1.807, 2.05) is 24.3 Å². The number of carbonyl (C=O) groups is 3. The van der Waals surface area contributed by atoms with Crippen LogP contribution in [0.4, 0.5) is 0 Å². The number of rotatable bonds is 13. The number of hydrogen-bond acceptors (Lipinski definition) is 5. The lowest BCUT2D eigenvalue weighted by Gasteiger charge is -2.13. The second kappa shape index (κ2) is 13.9. The van der Waals surface area contributed by atoms with E-state index in [1.165, 1.54) is 14.0 Å². The zero-order valence-corrected chi connectivity index (χ0v) is 17.5. The van der Waals surface area contributed by atoms with Crippen LogP contribution in [0, 0.1) is 0 Å². The standard InChI is InChI=1S/C23H34O5/c1-4-5-8-11-20(28-18(2)24)16-14-19-15-17-22(25)21(19)12-9-6-7-10-13-23(26)27-3/h6,9,14,16,20H,4-5,7-8,10-13,15,17H2,1-3H3/b9-6+,16-14+. The van der Waals surface area contributed by atoms with Crippen molar-refractivity contribution in [3.8, 4) is 0 Å². The highest BCUT2D eigenvalue weighted by atomic mass is 16.5. The molecule has 156 valence electrons. The van der Waals surface area contributed by atoms with E-state index in [0.717, 1.165) is 56.1 Å². The van der Waals surface area contributed by atoms with Crippen molar-refractivity contribution >= 4 is 17.7 Å². The van der Waals surface area contributed by atoms with Crippen LogP contribution in [-0.2, 0) is 23.9 Å². The monoisotopic (exact) mass is 390 g/mol. The second-order valence-corrected chi connectivity index (χ2v) is 7.07. The third-order valence-electron chi connectivity index (χ3n) is 4.74. The lowest BCUT2D eigenvalue weighted by Crippen LogP contribution is -2.13. The molecule has 5 nitrogen and oxygen atoms in total. The van der Waals surface area contributed by atoms with Gasteiger partial charge in [0.1, 0.15) is 6.10 Å². The Morgan fingerprint density at radius 3 is 2.61 bits per heavy atom. The van der Waals surface area contributed by atoms with Crippen molar-refractivity contribution in [2.24, 2.45) is 0 Å². The van der Waals surface area contributed by atoms with Crippen LogP contribution in [0.1, 0.15) is 78.1 Å². The Balaban J connectivity index is 2.63. The lowest BCUT2D eigenvalue weighted by atomic mass is 10.0. The molecule has 0 aliphatic heterocycles. The van der Waals surface area contributed by atoms with Gasteiger partial charge in [0.15, 0.2) is 5.78 Å². The van der Waals surface area contributed by atoms with Crippen LogP contribution < -0.4 is 0 Å². The molecule has 28 heavy (non-hydrogen) atoms. The predicted molar refractivity (Wildman–Crippen MR) is 110 cm³/mol. The number of allylic oxidation sites excluding steroid dienone is 5. The van der Waals surface area contributed by atoms with E-state index in [2.05, 4.69) is 11.7 Å². The highest BCUT2D eigenvalue weighted by molar-refractivity contribution is 5.99. The van der Waals surface area contributed by atoms with Crippen LogP contribution in [0.3, 0.4) is 0 Å². The Bertz CT molecular complexity index is 612. The van der Waals surface area contributed by atoms with Crippen molar-refractivity contribution in [2.75, 3.05) is 7.11 Å². The number of carbonyl (C=O) groups excluding carboxylic acids is 3. The van der Waals surface area contributed by atoms with Gasteiger partial charge in [0, 0.05) is 25.3 Å². The summed E-state index contributed by atoms with van der Waals surface area (Å²) in [5.41, 5.74) is 1.88. The average Bonchev–Trinajstić information content (AvgIpc) is 3.01. The topological polar surface area (TPSA) is 69.7 Å². The number of ketones is 1. The van der Waals surface area contributed by atoms with Crippen molar-refractivity contribution in [3.05, 3.63) is 35.5 Å². The van der Waals surface area contributed by atoms with Gasteiger partial charge >= 0.3 is 11.9 Å². The first-order valence-electron chi connectivity index (χ1n) is 10.3. The minimum absolute atomic E-state index is 0.189. The molecule has 0 aromatic rings. The molecule has 1 unspecified atom stereocenters. The van der Waals surface area contributed by atoms with E-state index >= 15 is 0 Å². The van der Waals surface area contributed by atoms with Crippen LogP contribution in [0.15, 0.2) is 35.5 Å². The lowest BCUT2D eigenvalue weighted by molar-refractivity contribution is -0.144. The van der Waals surface area contributed by atoms with Gasteiger partial charge in [-0.15, -0.1) is 0 Å². The molecule has 1 rings (SSSR count). The summed E-state index contributed by atoms with van der Waals surface area (Å²) in [4.78, 5) is 34.6. The van der Waals surface area contributed by atoms with E-state index in [4.69, 9.17) is 4.74 Å². The van der Waals surface area contributed by atoms with E-state index in [9.17, 15) is 14.4 Å². The summed E-state index contributed by atoms with van der Waals surface area (Å²) in [7, 11) is 1.39. The van der Waals surface area contributed by atoms with Gasteiger partial charge in [0.25, 0.3) is 0 Å². The van der Waals surface area contributed by atoms with Crippen molar-refractivity contribution in [2.45, 2.75) is 84.2 Å². The summed E-state index contributed by atoms with van der Waals surface area (Å²) in [6, 6.07) is 0. The Labute approximate surface area is 168 Å². The largest absolute Gasteiger partial charge is 0.469 e. The fourth-order valence-electron chi connectivity index (χ4n) is 3.17. The maximum absolute atomic E-state index is 12.2. The van der Waals surface area contributed by atoms with Crippen LogP contribution in [-0.4, -0.2) is 30.9 Å². The first-order valence-corrected chi connectivity index (χ1v) is 10.3. The molecule has 1 aliphatic rings. The van der Waals surface area contributed by atoms with Gasteiger partial charge in [0.05, 0.1) is 7.11 Å². The minimum Gasteiger partial charge on any atom is -0.469 e. The minimum atomic E-state index is -0.280. The van der Waals surface area contributed by atoms with Gasteiger partial charge in [-0.2, -0.15) is 0 Å². The molecular weight excluding hydrogens is 356 g/mol. The smallest absolute Gasteiger partial charge is 0.305 e. The Morgan fingerprint density at radius 1 is 1.14 bits per heavy atom. The predicted octanol–water partition coefficient (Wildman–Crippen LogP) is 5.00. The first kappa shape index (κ1) is 23.9. The first-order chi connectivity index (χ1) is 13.5. The van der Waals surface area contributed by atoms with Crippen molar-refractivity contribution in [1.29, 1.82) is 0 Å². The van der Waals surface area contributed by atoms with E-state index in [0.29, 0.717) is 19.3 Å². The Kier molecular flexibility index (Phi) is 11.9. The molecule has 0 saturated carbocycles.